The number of fused-ring (bicyclic) bond motifs is 1. The number of carbonyl (C=O) groups is 1. The minimum Gasteiger partial charge on any atom is -0.463 e. The highest BCUT2D eigenvalue weighted by atomic mass is 32.2. The number of benzene rings is 2. The first kappa shape index (κ1) is 21.0. The summed E-state index contributed by atoms with van der Waals surface area (Å²) in [4.78, 5) is 17.2. The molecule has 1 N–H and O–H groups in total. The van der Waals surface area contributed by atoms with E-state index in [0.717, 1.165) is 0 Å². The Morgan fingerprint density at radius 1 is 1.19 bits per heavy atom. The van der Waals surface area contributed by atoms with Crippen molar-refractivity contribution < 1.29 is 18.3 Å². The topological polar surface area (TPSA) is 69.0 Å². The van der Waals surface area contributed by atoms with Gasteiger partial charge in [0.2, 0.25) is 11.1 Å². The molecule has 0 amide bonds. The van der Waals surface area contributed by atoms with Crippen LogP contribution in [-0.4, -0.2) is 27.3 Å². The molecule has 2 heterocycles. The molecule has 1 aliphatic heterocycles. The second-order valence-corrected chi connectivity index (χ2v) is 7.82. The van der Waals surface area contributed by atoms with Gasteiger partial charge in [0.1, 0.15) is 17.7 Å². The predicted octanol–water partition coefficient (Wildman–Crippen LogP) is 4.70. The van der Waals surface area contributed by atoms with Gasteiger partial charge in [-0.2, -0.15) is 4.98 Å². The lowest BCUT2D eigenvalue weighted by molar-refractivity contribution is -0.139. The van der Waals surface area contributed by atoms with Crippen LogP contribution < -0.4 is 5.32 Å². The third kappa shape index (κ3) is 4.32. The van der Waals surface area contributed by atoms with Crippen LogP contribution in [0.15, 0.2) is 65.0 Å². The van der Waals surface area contributed by atoms with Gasteiger partial charge < -0.3 is 10.1 Å². The van der Waals surface area contributed by atoms with Crippen LogP contribution in [0, 0.1) is 11.6 Å². The van der Waals surface area contributed by atoms with Gasteiger partial charge in [0, 0.05) is 11.4 Å². The number of aromatic nitrogens is 3. The molecule has 1 aromatic heterocycles. The van der Waals surface area contributed by atoms with Crippen LogP contribution in [0.2, 0.25) is 0 Å². The molecule has 1 atom stereocenters. The smallest absolute Gasteiger partial charge is 0.338 e. The van der Waals surface area contributed by atoms with Crippen molar-refractivity contribution in [2.75, 3.05) is 11.9 Å². The van der Waals surface area contributed by atoms with Crippen molar-refractivity contribution in [2.24, 2.45) is 0 Å². The Hall–Kier alpha value is -3.20. The number of hydrogen-bond donors (Lipinski definition) is 1. The Bertz CT molecular complexity index is 1140. The number of thioether (sulfide) groups is 1. The molecule has 0 saturated carbocycles. The Labute approximate surface area is 182 Å². The zero-order chi connectivity index (χ0) is 22.0. The molecule has 0 spiro atoms. The molecule has 0 fully saturated rings. The summed E-state index contributed by atoms with van der Waals surface area (Å²) in [5.41, 5.74) is 2.17. The highest BCUT2D eigenvalue weighted by Gasteiger charge is 2.35. The Balaban J connectivity index is 1.70. The van der Waals surface area contributed by atoms with Gasteiger partial charge in [-0.15, -0.1) is 5.10 Å². The first-order chi connectivity index (χ1) is 15.0. The summed E-state index contributed by atoms with van der Waals surface area (Å²) in [6.07, 6.45) is 0. The summed E-state index contributed by atoms with van der Waals surface area (Å²) < 4.78 is 34.3. The minimum absolute atomic E-state index is 0.222. The second kappa shape index (κ2) is 8.89. The van der Waals surface area contributed by atoms with E-state index in [1.54, 1.807) is 48.9 Å². The van der Waals surface area contributed by atoms with E-state index in [9.17, 15) is 13.6 Å². The number of anilines is 1. The average Bonchev–Trinajstić information content (AvgIpc) is 3.15. The number of hydrogen-bond acceptors (Lipinski definition) is 6. The number of halogens is 2. The van der Waals surface area contributed by atoms with Crippen LogP contribution in [0.1, 0.15) is 31.0 Å². The van der Waals surface area contributed by atoms with Gasteiger partial charge >= 0.3 is 5.97 Å². The minimum atomic E-state index is -0.633. The van der Waals surface area contributed by atoms with Crippen LogP contribution >= 0.6 is 11.8 Å². The molecular formula is C22H20F2N4O2S. The van der Waals surface area contributed by atoms with Crippen molar-refractivity contribution in [1.82, 2.24) is 14.8 Å². The lowest BCUT2D eigenvalue weighted by Crippen LogP contribution is -2.29. The van der Waals surface area contributed by atoms with Gasteiger partial charge in [-0.1, -0.05) is 42.1 Å². The van der Waals surface area contributed by atoms with E-state index in [1.807, 2.05) is 0 Å². The number of nitrogens with one attached hydrogen (secondary N) is 1. The Kier molecular flexibility index (Phi) is 6.03. The highest BCUT2D eigenvalue weighted by molar-refractivity contribution is 7.98. The third-order valence-corrected chi connectivity index (χ3v) is 5.72. The molecular weight excluding hydrogens is 422 g/mol. The van der Waals surface area contributed by atoms with Crippen LogP contribution in [0.5, 0.6) is 0 Å². The molecule has 4 rings (SSSR count). The van der Waals surface area contributed by atoms with Crippen molar-refractivity contribution in [3.05, 3.63) is 82.6 Å². The third-order valence-electron chi connectivity index (χ3n) is 4.83. The fourth-order valence-corrected chi connectivity index (χ4v) is 4.19. The van der Waals surface area contributed by atoms with Gasteiger partial charge in [-0.05, 0) is 43.2 Å². The molecule has 0 radical (unpaired) electrons. The number of rotatable bonds is 6. The fourth-order valence-electron chi connectivity index (χ4n) is 3.38. The molecule has 31 heavy (non-hydrogen) atoms. The van der Waals surface area contributed by atoms with Crippen molar-refractivity contribution in [1.29, 1.82) is 0 Å². The highest BCUT2D eigenvalue weighted by Crippen LogP contribution is 2.37. The lowest BCUT2D eigenvalue weighted by Gasteiger charge is -2.28. The molecule has 0 unspecified atom stereocenters. The van der Waals surface area contributed by atoms with E-state index in [4.69, 9.17) is 4.74 Å². The zero-order valence-corrected chi connectivity index (χ0v) is 17.7. The number of esters is 1. The second-order valence-electron chi connectivity index (χ2n) is 6.88. The SMILES string of the molecule is CCOC(=O)C1=C(C)Nc2nc(SCc3ccccc3F)nn2[C@H]1c1ccc(F)cc1. The summed E-state index contributed by atoms with van der Waals surface area (Å²) in [6, 6.07) is 11.8. The Morgan fingerprint density at radius 3 is 2.65 bits per heavy atom. The lowest BCUT2D eigenvalue weighted by atomic mass is 9.96. The molecule has 2 aromatic carbocycles. The van der Waals surface area contributed by atoms with Crippen LogP contribution in [0.25, 0.3) is 0 Å². The van der Waals surface area contributed by atoms with Crippen LogP contribution in [0.3, 0.4) is 0 Å². The van der Waals surface area contributed by atoms with Crippen LogP contribution in [-0.2, 0) is 15.3 Å². The van der Waals surface area contributed by atoms with Crippen molar-refractivity contribution in [3.63, 3.8) is 0 Å². The van der Waals surface area contributed by atoms with E-state index in [1.165, 1.54) is 30.0 Å². The van der Waals surface area contributed by atoms with E-state index in [0.29, 0.717) is 39.3 Å². The monoisotopic (exact) mass is 442 g/mol. The van der Waals surface area contributed by atoms with Gasteiger partial charge in [0.15, 0.2) is 0 Å². The van der Waals surface area contributed by atoms with E-state index in [2.05, 4.69) is 15.4 Å². The van der Waals surface area contributed by atoms with Crippen molar-refractivity contribution >= 4 is 23.7 Å². The first-order valence-corrected chi connectivity index (χ1v) is 10.7. The number of carbonyl (C=O) groups excluding carboxylic acids is 1. The molecule has 3 aromatic rings. The molecule has 1 aliphatic rings. The maximum absolute atomic E-state index is 13.9. The average molecular weight is 442 g/mol. The zero-order valence-electron chi connectivity index (χ0n) is 16.9. The molecule has 0 aliphatic carbocycles. The molecule has 0 saturated heterocycles. The van der Waals surface area contributed by atoms with E-state index in [-0.39, 0.29) is 18.2 Å². The standard InChI is InChI=1S/C22H20F2N4O2S/c1-3-30-20(29)18-13(2)25-21-26-22(31-12-15-6-4-5-7-17(15)24)27-28(21)19(18)14-8-10-16(23)11-9-14/h4-11,19H,3,12H2,1-2H3,(H,25,26,27)/t19-/m0/s1. The first-order valence-electron chi connectivity index (χ1n) is 9.71. The Morgan fingerprint density at radius 2 is 1.94 bits per heavy atom. The van der Waals surface area contributed by atoms with Gasteiger partial charge in [-0.3, -0.25) is 0 Å². The maximum Gasteiger partial charge on any atom is 0.338 e. The van der Waals surface area contributed by atoms with Crippen molar-refractivity contribution in [2.45, 2.75) is 30.8 Å². The molecule has 9 heteroatoms. The number of nitrogens with zero attached hydrogens (tertiary/aromatic N) is 3. The maximum atomic E-state index is 13.9. The van der Waals surface area contributed by atoms with Gasteiger partial charge in [0.25, 0.3) is 0 Å². The molecule has 0 bridgehead atoms. The van der Waals surface area contributed by atoms with Gasteiger partial charge in [0.05, 0.1) is 12.2 Å². The largest absolute Gasteiger partial charge is 0.463 e. The summed E-state index contributed by atoms with van der Waals surface area (Å²) in [6.45, 7) is 3.71. The summed E-state index contributed by atoms with van der Waals surface area (Å²) in [5.74, 6) is -0.354. The number of allylic oxidation sites excluding steroid dienone is 1. The fraction of sp³-hybridized carbons (Fsp3) is 0.227. The van der Waals surface area contributed by atoms with Crippen molar-refractivity contribution in [3.8, 4) is 0 Å². The molecule has 160 valence electrons. The van der Waals surface area contributed by atoms with E-state index < -0.39 is 12.0 Å². The molecule has 6 nitrogen and oxygen atoms in total. The summed E-state index contributed by atoms with van der Waals surface area (Å²) in [5, 5.41) is 8.07. The summed E-state index contributed by atoms with van der Waals surface area (Å²) >= 11 is 1.28. The summed E-state index contributed by atoms with van der Waals surface area (Å²) in [7, 11) is 0. The normalized spacial score (nSPS) is 15.4. The predicted molar refractivity (Wildman–Crippen MR) is 113 cm³/mol. The number of ether oxygens (including phenoxy) is 1. The van der Waals surface area contributed by atoms with E-state index >= 15 is 0 Å². The van der Waals surface area contributed by atoms with Crippen LogP contribution in [0.4, 0.5) is 14.7 Å². The quantitative estimate of drug-likeness (QED) is 0.441. The van der Waals surface area contributed by atoms with Gasteiger partial charge in [-0.25, -0.2) is 18.3 Å².